The molecule has 1 fully saturated rings. The molecule has 0 spiro atoms. The van der Waals surface area contributed by atoms with Gasteiger partial charge in [-0.05, 0) is 63.5 Å². The minimum atomic E-state index is -0.827. The molecule has 1 aliphatic carbocycles. The van der Waals surface area contributed by atoms with Gasteiger partial charge >= 0.3 is 0 Å². The zero-order chi connectivity index (χ0) is 17.4. The van der Waals surface area contributed by atoms with Crippen molar-refractivity contribution >= 4 is 0 Å². The maximum Gasteiger partial charge on any atom is 0.156 e. The first-order chi connectivity index (χ1) is 11.6. The Morgan fingerprint density at radius 3 is 2.58 bits per heavy atom. The minimum absolute atomic E-state index is 0.117. The topological polar surface area (TPSA) is 38.7 Å². The highest BCUT2D eigenvalue weighted by Gasteiger charge is 2.39. The van der Waals surface area contributed by atoms with Crippen molar-refractivity contribution in [1.82, 2.24) is 0 Å². The van der Waals surface area contributed by atoms with Crippen molar-refractivity contribution in [1.29, 1.82) is 0 Å². The number of rotatable bonds is 7. The second-order valence-electron chi connectivity index (χ2n) is 6.81. The van der Waals surface area contributed by atoms with E-state index in [1.807, 2.05) is 12.1 Å². The zero-order valence-corrected chi connectivity index (χ0v) is 15.2. The van der Waals surface area contributed by atoms with Gasteiger partial charge in [-0.2, -0.15) is 0 Å². The summed E-state index contributed by atoms with van der Waals surface area (Å²) < 4.78 is 10.4. The molecule has 1 saturated carbocycles. The molecule has 1 aliphatic rings. The second-order valence-corrected chi connectivity index (χ2v) is 6.81. The molecule has 0 bridgehead atoms. The van der Waals surface area contributed by atoms with Gasteiger partial charge < -0.3 is 14.6 Å². The average molecular weight is 330 g/mol. The first-order valence-corrected chi connectivity index (χ1v) is 8.95. The summed E-state index contributed by atoms with van der Waals surface area (Å²) in [5.41, 5.74) is 1.37. The molecule has 0 aliphatic heterocycles. The van der Waals surface area contributed by atoms with Gasteiger partial charge in [0.15, 0.2) is 6.29 Å². The molecule has 2 rings (SSSR count). The van der Waals surface area contributed by atoms with Crippen molar-refractivity contribution in [3.05, 3.63) is 35.4 Å². The van der Waals surface area contributed by atoms with E-state index >= 15 is 0 Å². The Labute approximate surface area is 146 Å². The minimum Gasteiger partial charge on any atom is -0.377 e. The molecule has 0 heterocycles. The van der Waals surface area contributed by atoms with E-state index < -0.39 is 5.60 Å². The lowest BCUT2D eigenvalue weighted by Gasteiger charge is -2.24. The molecular formula is C21H30O3. The van der Waals surface area contributed by atoms with Crippen LogP contribution in [0.15, 0.2) is 24.3 Å². The number of benzene rings is 1. The Morgan fingerprint density at radius 2 is 1.92 bits per heavy atom. The number of aliphatic hydroxyl groups is 1. The third kappa shape index (κ3) is 5.34. The van der Waals surface area contributed by atoms with Crippen molar-refractivity contribution in [2.24, 2.45) is 5.92 Å². The van der Waals surface area contributed by atoms with Crippen LogP contribution in [-0.2, 0) is 9.47 Å². The Hall–Kier alpha value is -1.34. The lowest BCUT2D eigenvalue weighted by Crippen LogP contribution is -2.31. The van der Waals surface area contributed by atoms with Gasteiger partial charge in [0.2, 0.25) is 0 Å². The van der Waals surface area contributed by atoms with Crippen LogP contribution in [-0.4, -0.2) is 31.2 Å². The molecule has 2 atom stereocenters. The molecule has 3 nitrogen and oxygen atoms in total. The van der Waals surface area contributed by atoms with Crippen LogP contribution in [0.3, 0.4) is 0 Å². The summed E-state index contributed by atoms with van der Waals surface area (Å²) in [6.07, 6.45) is 6.82. The standard InChI is InChI=1S/C21H30O3/c1-17-10-12-18(13-11-17)14-16-21(22)15-6-8-19(21)7-4-5-9-20(23-2)24-3/h10-13,19-20,22H,4-9,15H2,1-3H3/t19-,21-/m0/s1. The first-order valence-electron chi connectivity index (χ1n) is 8.95. The van der Waals surface area contributed by atoms with Crippen molar-refractivity contribution < 1.29 is 14.6 Å². The van der Waals surface area contributed by atoms with E-state index in [0.717, 1.165) is 50.5 Å². The fourth-order valence-electron chi connectivity index (χ4n) is 3.46. The maximum atomic E-state index is 10.9. The lowest BCUT2D eigenvalue weighted by atomic mass is 9.86. The number of hydrogen-bond acceptors (Lipinski definition) is 3. The summed E-state index contributed by atoms with van der Waals surface area (Å²) in [6, 6.07) is 8.15. The van der Waals surface area contributed by atoms with Crippen molar-refractivity contribution in [3.8, 4) is 11.8 Å². The number of methoxy groups -OCH3 is 2. The van der Waals surface area contributed by atoms with E-state index in [1.54, 1.807) is 14.2 Å². The third-order valence-corrected chi connectivity index (χ3v) is 5.03. The van der Waals surface area contributed by atoms with E-state index in [4.69, 9.17) is 9.47 Å². The van der Waals surface area contributed by atoms with Crippen molar-refractivity contribution in [2.45, 2.75) is 63.8 Å². The summed E-state index contributed by atoms with van der Waals surface area (Å²) in [5.74, 6) is 6.62. The molecule has 0 aromatic heterocycles. The predicted octanol–water partition coefficient (Wildman–Crippen LogP) is 4.06. The summed E-state index contributed by atoms with van der Waals surface area (Å²) >= 11 is 0. The molecule has 1 aromatic carbocycles. The van der Waals surface area contributed by atoms with E-state index in [0.29, 0.717) is 0 Å². The van der Waals surface area contributed by atoms with Gasteiger partial charge in [-0.25, -0.2) is 0 Å². The van der Waals surface area contributed by atoms with Gasteiger partial charge in [0.25, 0.3) is 0 Å². The molecule has 0 radical (unpaired) electrons. The zero-order valence-electron chi connectivity index (χ0n) is 15.2. The number of hydrogen-bond donors (Lipinski definition) is 1. The first kappa shape index (κ1) is 19.0. The van der Waals surface area contributed by atoms with E-state index in [9.17, 15) is 5.11 Å². The molecular weight excluding hydrogens is 300 g/mol. The summed E-state index contributed by atoms with van der Waals surface area (Å²) in [7, 11) is 3.34. The lowest BCUT2D eigenvalue weighted by molar-refractivity contribution is -0.107. The van der Waals surface area contributed by atoms with Gasteiger partial charge in [0.1, 0.15) is 5.60 Å². The van der Waals surface area contributed by atoms with Crippen LogP contribution in [0.5, 0.6) is 0 Å². The summed E-state index contributed by atoms with van der Waals surface area (Å²) in [4.78, 5) is 0. The van der Waals surface area contributed by atoms with E-state index in [-0.39, 0.29) is 12.2 Å². The normalized spacial score (nSPS) is 23.3. The van der Waals surface area contributed by atoms with E-state index in [2.05, 4.69) is 30.9 Å². The Balaban J connectivity index is 1.88. The summed E-state index contributed by atoms with van der Waals surface area (Å²) in [5, 5.41) is 10.9. The molecule has 0 amide bonds. The fraction of sp³-hybridized carbons (Fsp3) is 0.619. The maximum absolute atomic E-state index is 10.9. The number of aryl methyl sites for hydroxylation is 1. The molecule has 1 N–H and O–H groups in total. The average Bonchev–Trinajstić information content (AvgIpc) is 2.96. The predicted molar refractivity (Wildman–Crippen MR) is 96.6 cm³/mol. The van der Waals surface area contributed by atoms with Crippen LogP contribution in [0.25, 0.3) is 0 Å². The highest BCUT2D eigenvalue weighted by Crippen LogP contribution is 2.38. The molecule has 132 valence electrons. The fourth-order valence-corrected chi connectivity index (χ4v) is 3.46. The molecule has 3 heteroatoms. The Kier molecular flexibility index (Phi) is 7.30. The highest BCUT2D eigenvalue weighted by molar-refractivity contribution is 5.38. The Morgan fingerprint density at radius 1 is 1.21 bits per heavy atom. The SMILES string of the molecule is COC(CCCC[C@H]1CCC[C@]1(O)C#Cc1ccc(C)cc1)OC. The quantitative estimate of drug-likeness (QED) is 0.465. The van der Waals surface area contributed by atoms with Crippen LogP contribution in [0.1, 0.15) is 56.1 Å². The molecule has 24 heavy (non-hydrogen) atoms. The third-order valence-electron chi connectivity index (χ3n) is 5.03. The van der Waals surface area contributed by atoms with Gasteiger partial charge in [0.05, 0.1) is 0 Å². The smallest absolute Gasteiger partial charge is 0.156 e. The van der Waals surface area contributed by atoms with Gasteiger partial charge in [0, 0.05) is 19.8 Å². The largest absolute Gasteiger partial charge is 0.377 e. The molecule has 0 saturated heterocycles. The molecule has 1 aromatic rings. The Bertz CT molecular complexity index is 551. The summed E-state index contributed by atoms with van der Waals surface area (Å²) in [6.45, 7) is 2.06. The second kappa shape index (κ2) is 9.22. The van der Waals surface area contributed by atoms with Gasteiger partial charge in [-0.15, -0.1) is 0 Å². The number of ether oxygens (including phenoxy) is 2. The monoisotopic (exact) mass is 330 g/mol. The van der Waals surface area contributed by atoms with Crippen LogP contribution in [0.2, 0.25) is 0 Å². The van der Waals surface area contributed by atoms with Crippen LogP contribution in [0.4, 0.5) is 0 Å². The van der Waals surface area contributed by atoms with Crippen LogP contribution >= 0.6 is 0 Å². The molecule has 0 unspecified atom stereocenters. The van der Waals surface area contributed by atoms with Gasteiger partial charge in [-0.3, -0.25) is 0 Å². The van der Waals surface area contributed by atoms with Crippen LogP contribution < -0.4 is 0 Å². The van der Waals surface area contributed by atoms with E-state index in [1.165, 1.54) is 5.56 Å². The number of unbranched alkanes of at least 4 members (excludes halogenated alkanes) is 1. The van der Waals surface area contributed by atoms with Crippen LogP contribution in [0, 0.1) is 24.7 Å². The van der Waals surface area contributed by atoms with Crippen molar-refractivity contribution in [2.75, 3.05) is 14.2 Å². The van der Waals surface area contributed by atoms with Crippen molar-refractivity contribution in [3.63, 3.8) is 0 Å². The van der Waals surface area contributed by atoms with Gasteiger partial charge in [-0.1, -0.05) is 36.0 Å². The highest BCUT2D eigenvalue weighted by atomic mass is 16.7.